The van der Waals surface area contributed by atoms with E-state index in [9.17, 15) is 5.11 Å². The zero-order chi connectivity index (χ0) is 13.7. The third-order valence-corrected chi connectivity index (χ3v) is 3.41. The zero-order valence-corrected chi connectivity index (χ0v) is 11.6. The fraction of sp³-hybridized carbons (Fsp3) is 0.250. The molecule has 0 spiro atoms. The minimum absolute atomic E-state index is 0.0157. The van der Waals surface area contributed by atoms with E-state index in [0.29, 0.717) is 6.54 Å². The molecule has 0 amide bonds. The molecule has 0 aliphatic rings. The lowest BCUT2D eigenvalue weighted by atomic mass is 10.0. The molecular formula is C16H18ClNO. The van der Waals surface area contributed by atoms with Crippen LogP contribution in [0.3, 0.4) is 0 Å². The highest BCUT2D eigenvalue weighted by Gasteiger charge is 2.15. The van der Waals surface area contributed by atoms with E-state index in [-0.39, 0.29) is 6.04 Å². The first-order valence-electron chi connectivity index (χ1n) is 6.37. The maximum atomic E-state index is 10.2. The van der Waals surface area contributed by atoms with Crippen LogP contribution in [0.1, 0.15) is 24.2 Å². The van der Waals surface area contributed by atoms with E-state index in [1.54, 1.807) is 0 Å². The van der Waals surface area contributed by atoms with Crippen LogP contribution in [-0.2, 0) is 6.54 Å². The SMILES string of the molecule is C[C@H](NCc1ccc(Cl)cc1)[C@@H](O)c1ccccc1. The lowest BCUT2D eigenvalue weighted by Crippen LogP contribution is -2.31. The van der Waals surface area contributed by atoms with Crippen LogP contribution >= 0.6 is 11.6 Å². The van der Waals surface area contributed by atoms with Crippen LogP contribution in [0.5, 0.6) is 0 Å². The molecule has 3 heteroatoms. The molecule has 2 rings (SSSR count). The molecule has 0 bridgehead atoms. The van der Waals surface area contributed by atoms with E-state index >= 15 is 0 Å². The minimum atomic E-state index is -0.506. The molecule has 0 saturated carbocycles. The van der Waals surface area contributed by atoms with Gasteiger partial charge in [0.25, 0.3) is 0 Å². The predicted octanol–water partition coefficient (Wildman–Crippen LogP) is 3.55. The molecule has 2 aromatic carbocycles. The summed E-state index contributed by atoms with van der Waals surface area (Å²) in [4.78, 5) is 0. The highest BCUT2D eigenvalue weighted by Crippen LogP contribution is 2.16. The lowest BCUT2D eigenvalue weighted by molar-refractivity contribution is 0.135. The van der Waals surface area contributed by atoms with E-state index in [4.69, 9.17) is 11.6 Å². The summed E-state index contributed by atoms with van der Waals surface area (Å²) in [5.74, 6) is 0. The number of nitrogens with one attached hydrogen (secondary N) is 1. The Labute approximate surface area is 119 Å². The molecule has 0 saturated heterocycles. The Morgan fingerprint density at radius 3 is 2.32 bits per heavy atom. The number of rotatable bonds is 5. The first-order chi connectivity index (χ1) is 9.16. The second-order valence-corrected chi connectivity index (χ2v) is 5.09. The van der Waals surface area contributed by atoms with E-state index in [2.05, 4.69) is 5.32 Å². The van der Waals surface area contributed by atoms with Crippen molar-refractivity contribution in [2.75, 3.05) is 0 Å². The monoisotopic (exact) mass is 275 g/mol. The van der Waals surface area contributed by atoms with Gasteiger partial charge in [0.05, 0.1) is 6.10 Å². The Morgan fingerprint density at radius 2 is 1.68 bits per heavy atom. The highest BCUT2D eigenvalue weighted by atomic mass is 35.5. The first-order valence-corrected chi connectivity index (χ1v) is 6.75. The zero-order valence-electron chi connectivity index (χ0n) is 10.9. The van der Waals surface area contributed by atoms with Crippen molar-refractivity contribution >= 4 is 11.6 Å². The normalized spacial score (nSPS) is 14.1. The first kappa shape index (κ1) is 14.1. The Morgan fingerprint density at radius 1 is 1.05 bits per heavy atom. The predicted molar refractivity (Wildman–Crippen MR) is 79.2 cm³/mol. The molecule has 0 unspecified atom stereocenters. The molecule has 0 radical (unpaired) electrons. The van der Waals surface area contributed by atoms with Crippen molar-refractivity contribution in [3.63, 3.8) is 0 Å². The summed E-state index contributed by atoms with van der Waals surface area (Å²) in [5, 5.41) is 14.3. The van der Waals surface area contributed by atoms with Crippen molar-refractivity contribution in [1.82, 2.24) is 5.32 Å². The fourth-order valence-electron chi connectivity index (χ4n) is 1.93. The van der Waals surface area contributed by atoms with Crippen LogP contribution in [-0.4, -0.2) is 11.1 Å². The number of benzene rings is 2. The largest absolute Gasteiger partial charge is 0.387 e. The van der Waals surface area contributed by atoms with Gasteiger partial charge in [0.15, 0.2) is 0 Å². The van der Waals surface area contributed by atoms with Crippen molar-refractivity contribution in [1.29, 1.82) is 0 Å². The third-order valence-electron chi connectivity index (χ3n) is 3.16. The van der Waals surface area contributed by atoms with Crippen molar-refractivity contribution in [3.05, 3.63) is 70.7 Å². The van der Waals surface area contributed by atoms with E-state index in [1.807, 2.05) is 61.5 Å². The third kappa shape index (κ3) is 4.06. The number of hydrogen-bond acceptors (Lipinski definition) is 2. The molecule has 19 heavy (non-hydrogen) atoms. The van der Waals surface area contributed by atoms with E-state index < -0.39 is 6.10 Å². The number of aliphatic hydroxyl groups is 1. The summed E-state index contributed by atoms with van der Waals surface area (Å²) in [6, 6.07) is 17.4. The molecule has 0 aliphatic carbocycles. The molecule has 0 aliphatic heterocycles. The molecule has 0 heterocycles. The fourth-order valence-corrected chi connectivity index (χ4v) is 2.06. The van der Waals surface area contributed by atoms with Crippen LogP contribution in [0, 0.1) is 0 Å². The minimum Gasteiger partial charge on any atom is -0.387 e. The van der Waals surface area contributed by atoms with Gasteiger partial charge in [0.2, 0.25) is 0 Å². The van der Waals surface area contributed by atoms with Crippen molar-refractivity contribution in [2.24, 2.45) is 0 Å². The standard InChI is InChI=1S/C16H18ClNO/c1-12(16(19)14-5-3-2-4-6-14)18-11-13-7-9-15(17)10-8-13/h2-10,12,16,18-19H,11H2,1H3/t12-,16+/m0/s1. The van der Waals surface area contributed by atoms with E-state index in [1.165, 1.54) is 0 Å². The second-order valence-electron chi connectivity index (χ2n) is 4.65. The van der Waals surface area contributed by atoms with Gasteiger partial charge in [0, 0.05) is 17.6 Å². The second kappa shape index (κ2) is 6.71. The summed E-state index contributed by atoms with van der Waals surface area (Å²) >= 11 is 5.84. The Balaban J connectivity index is 1.90. The van der Waals surface area contributed by atoms with Gasteiger partial charge in [-0.25, -0.2) is 0 Å². The van der Waals surface area contributed by atoms with Crippen molar-refractivity contribution < 1.29 is 5.11 Å². The van der Waals surface area contributed by atoms with E-state index in [0.717, 1.165) is 16.1 Å². The smallest absolute Gasteiger partial charge is 0.0940 e. The van der Waals surface area contributed by atoms with Crippen LogP contribution in [0.2, 0.25) is 5.02 Å². The highest BCUT2D eigenvalue weighted by molar-refractivity contribution is 6.30. The molecule has 2 aromatic rings. The van der Waals surface area contributed by atoms with Gasteiger partial charge < -0.3 is 10.4 Å². The topological polar surface area (TPSA) is 32.3 Å². The average Bonchev–Trinajstić information content (AvgIpc) is 2.46. The molecule has 0 aromatic heterocycles. The average molecular weight is 276 g/mol. The van der Waals surface area contributed by atoms with Gasteiger partial charge in [-0.3, -0.25) is 0 Å². The number of hydrogen-bond donors (Lipinski definition) is 2. The summed E-state index contributed by atoms with van der Waals surface area (Å²) in [6.45, 7) is 2.69. The Bertz CT molecular complexity index is 498. The van der Waals surface area contributed by atoms with Gasteiger partial charge in [-0.2, -0.15) is 0 Å². The van der Waals surface area contributed by atoms with Crippen molar-refractivity contribution in [3.8, 4) is 0 Å². The van der Waals surface area contributed by atoms with Crippen LogP contribution in [0.15, 0.2) is 54.6 Å². The van der Waals surface area contributed by atoms with Crippen LogP contribution < -0.4 is 5.32 Å². The molecular weight excluding hydrogens is 258 g/mol. The van der Waals surface area contributed by atoms with Gasteiger partial charge in [-0.05, 0) is 30.2 Å². The summed E-state index contributed by atoms with van der Waals surface area (Å²) < 4.78 is 0. The van der Waals surface area contributed by atoms with Gasteiger partial charge in [-0.1, -0.05) is 54.1 Å². The lowest BCUT2D eigenvalue weighted by Gasteiger charge is -2.20. The maximum Gasteiger partial charge on any atom is 0.0940 e. The maximum absolute atomic E-state index is 10.2. The summed E-state index contributed by atoms with van der Waals surface area (Å²) in [7, 11) is 0. The van der Waals surface area contributed by atoms with Gasteiger partial charge >= 0.3 is 0 Å². The van der Waals surface area contributed by atoms with Gasteiger partial charge in [0.1, 0.15) is 0 Å². The molecule has 2 atom stereocenters. The molecule has 2 N–H and O–H groups in total. The quantitative estimate of drug-likeness (QED) is 0.875. The molecule has 100 valence electrons. The summed E-state index contributed by atoms with van der Waals surface area (Å²) in [6.07, 6.45) is -0.506. The van der Waals surface area contributed by atoms with Gasteiger partial charge in [-0.15, -0.1) is 0 Å². The Hall–Kier alpha value is -1.35. The molecule has 0 fully saturated rings. The molecule has 2 nitrogen and oxygen atoms in total. The van der Waals surface area contributed by atoms with Crippen molar-refractivity contribution in [2.45, 2.75) is 25.6 Å². The summed E-state index contributed by atoms with van der Waals surface area (Å²) in [5.41, 5.74) is 2.08. The van der Waals surface area contributed by atoms with Crippen LogP contribution in [0.25, 0.3) is 0 Å². The Kier molecular flexibility index (Phi) is 4.97. The number of aliphatic hydroxyl groups excluding tert-OH is 1. The van der Waals surface area contributed by atoms with Crippen LogP contribution in [0.4, 0.5) is 0 Å². The number of halogens is 1.